The zero-order valence-corrected chi connectivity index (χ0v) is 16.6. The van der Waals surface area contributed by atoms with Crippen molar-refractivity contribution in [1.82, 2.24) is 10.2 Å². The van der Waals surface area contributed by atoms with Gasteiger partial charge in [0.1, 0.15) is 5.75 Å². The van der Waals surface area contributed by atoms with Crippen LogP contribution in [0.5, 0.6) is 5.75 Å². The predicted octanol–water partition coefficient (Wildman–Crippen LogP) is 3.98. The number of hydrogen-bond acceptors (Lipinski definition) is 3. The molecule has 1 amide bonds. The van der Waals surface area contributed by atoms with Gasteiger partial charge >= 0.3 is 0 Å². The Morgan fingerprint density at radius 3 is 2.56 bits per heavy atom. The highest BCUT2D eigenvalue weighted by molar-refractivity contribution is 5.80. The number of carbonyl (C=O) groups excluding carboxylic acids is 1. The number of hydrogen-bond donors (Lipinski definition) is 1. The molecule has 0 aliphatic carbocycles. The predicted molar refractivity (Wildman–Crippen MR) is 109 cm³/mol. The Kier molecular flexibility index (Phi) is 6.51. The molecule has 27 heavy (non-hydrogen) atoms. The van der Waals surface area contributed by atoms with Gasteiger partial charge in [-0.1, -0.05) is 36.4 Å². The molecule has 1 N–H and O–H groups in total. The number of nitrogens with one attached hydrogen (secondary N) is 1. The summed E-state index contributed by atoms with van der Waals surface area (Å²) in [6.07, 6.45) is 2.04. The van der Waals surface area contributed by atoms with Gasteiger partial charge in [0.15, 0.2) is 6.10 Å². The molecule has 1 aliphatic rings. The summed E-state index contributed by atoms with van der Waals surface area (Å²) in [5, 5.41) is 3.04. The fourth-order valence-electron chi connectivity index (χ4n) is 3.47. The smallest absolute Gasteiger partial charge is 0.261 e. The fraction of sp³-hybridized carbons (Fsp3) is 0.435. The van der Waals surface area contributed by atoms with Gasteiger partial charge in [-0.15, -0.1) is 0 Å². The van der Waals surface area contributed by atoms with Crippen LogP contribution in [0.3, 0.4) is 0 Å². The first-order valence-electron chi connectivity index (χ1n) is 9.83. The second kappa shape index (κ2) is 9.05. The van der Waals surface area contributed by atoms with Crippen LogP contribution in [-0.2, 0) is 17.9 Å². The number of carbonyl (C=O) groups is 1. The Hall–Kier alpha value is -2.33. The van der Waals surface area contributed by atoms with Crippen LogP contribution in [0, 0.1) is 13.8 Å². The summed E-state index contributed by atoms with van der Waals surface area (Å²) in [6.45, 7) is 9.64. The van der Waals surface area contributed by atoms with E-state index in [-0.39, 0.29) is 5.91 Å². The third-order valence-corrected chi connectivity index (χ3v) is 5.18. The summed E-state index contributed by atoms with van der Waals surface area (Å²) < 4.78 is 5.89. The monoisotopic (exact) mass is 366 g/mol. The second-order valence-electron chi connectivity index (χ2n) is 7.50. The van der Waals surface area contributed by atoms with E-state index < -0.39 is 6.10 Å². The van der Waals surface area contributed by atoms with E-state index in [9.17, 15) is 4.79 Å². The van der Waals surface area contributed by atoms with Crippen LogP contribution < -0.4 is 10.1 Å². The number of amides is 1. The van der Waals surface area contributed by atoms with Crippen molar-refractivity contribution < 1.29 is 9.53 Å². The summed E-state index contributed by atoms with van der Waals surface area (Å²) in [7, 11) is 0. The maximum Gasteiger partial charge on any atom is 0.261 e. The Bertz CT molecular complexity index is 782. The van der Waals surface area contributed by atoms with Gasteiger partial charge in [0, 0.05) is 13.1 Å². The quantitative estimate of drug-likeness (QED) is 0.806. The lowest BCUT2D eigenvalue weighted by Gasteiger charge is -2.19. The van der Waals surface area contributed by atoms with Crippen molar-refractivity contribution in [3.63, 3.8) is 0 Å². The molecular formula is C23H30N2O2. The molecule has 2 aromatic carbocycles. The van der Waals surface area contributed by atoms with Crippen LogP contribution >= 0.6 is 0 Å². The van der Waals surface area contributed by atoms with E-state index in [2.05, 4.69) is 28.4 Å². The Morgan fingerprint density at radius 1 is 1.11 bits per heavy atom. The van der Waals surface area contributed by atoms with Crippen molar-refractivity contribution in [3.05, 3.63) is 64.7 Å². The van der Waals surface area contributed by atoms with Crippen molar-refractivity contribution in [3.8, 4) is 5.75 Å². The third-order valence-electron chi connectivity index (χ3n) is 5.18. The van der Waals surface area contributed by atoms with E-state index in [1.54, 1.807) is 6.92 Å². The molecule has 4 heteroatoms. The summed E-state index contributed by atoms with van der Waals surface area (Å²) in [5.41, 5.74) is 4.63. The Labute approximate surface area is 162 Å². The van der Waals surface area contributed by atoms with Gasteiger partial charge in [0.2, 0.25) is 0 Å². The van der Waals surface area contributed by atoms with Crippen LogP contribution in [0.25, 0.3) is 0 Å². The molecule has 4 nitrogen and oxygen atoms in total. The molecule has 144 valence electrons. The molecule has 0 saturated carbocycles. The minimum Gasteiger partial charge on any atom is -0.481 e. The van der Waals surface area contributed by atoms with Crippen LogP contribution in [-0.4, -0.2) is 30.0 Å². The number of nitrogens with zero attached hydrogens (tertiary/aromatic N) is 1. The van der Waals surface area contributed by atoms with Crippen molar-refractivity contribution in [1.29, 1.82) is 0 Å². The van der Waals surface area contributed by atoms with Crippen molar-refractivity contribution in [2.75, 3.05) is 13.1 Å². The molecule has 3 rings (SSSR count). The Morgan fingerprint density at radius 2 is 1.81 bits per heavy atom. The normalized spacial score (nSPS) is 15.5. The van der Waals surface area contributed by atoms with Crippen molar-refractivity contribution >= 4 is 5.91 Å². The first-order chi connectivity index (χ1) is 13.0. The summed E-state index contributed by atoms with van der Waals surface area (Å²) in [5.74, 6) is 0.680. The highest BCUT2D eigenvalue weighted by Crippen LogP contribution is 2.21. The lowest BCUT2D eigenvalue weighted by atomic mass is 10.1. The van der Waals surface area contributed by atoms with E-state index >= 15 is 0 Å². The number of ether oxygens (including phenoxy) is 1. The lowest BCUT2D eigenvalue weighted by Crippen LogP contribution is -2.36. The molecule has 1 heterocycles. The SMILES string of the molecule is Cc1ccc(C)c(O[C@@H](C)C(=O)NCc2ccccc2CN2CCCC2)c1. The van der Waals surface area contributed by atoms with E-state index in [1.165, 1.54) is 37.1 Å². The summed E-state index contributed by atoms with van der Waals surface area (Å²) in [4.78, 5) is 15.0. The average Bonchev–Trinajstić information content (AvgIpc) is 3.16. The Balaban J connectivity index is 1.57. The molecule has 1 fully saturated rings. The molecule has 0 aromatic heterocycles. The highest BCUT2D eigenvalue weighted by Gasteiger charge is 2.17. The van der Waals surface area contributed by atoms with Crippen LogP contribution in [0.4, 0.5) is 0 Å². The largest absolute Gasteiger partial charge is 0.481 e. The van der Waals surface area contributed by atoms with Gasteiger partial charge in [-0.2, -0.15) is 0 Å². The van der Waals surface area contributed by atoms with Crippen LogP contribution in [0.1, 0.15) is 42.0 Å². The lowest BCUT2D eigenvalue weighted by molar-refractivity contribution is -0.127. The van der Waals surface area contributed by atoms with Gasteiger partial charge in [-0.05, 0) is 75.0 Å². The molecule has 1 saturated heterocycles. The minimum absolute atomic E-state index is 0.0909. The van der Waals surface area contributed by atoms with Gasteiger partial charge in [0.05, 0.1) is 0 Å². The molecule has 2 aromatic rings. The molecule has 0 unspecified atom stereocenters. The van der Waals surface area contributed by atoms with E-state index in [0.717, 1.165) is 23.4 Å². The number of rotatable bonds is 7. The van der Waals surface area contributed by atoms with E-state index in [4.69, 9.17) is 4.74 Å². The first-order valence-corrected chi connectivity index (χ1v) is 9.83. The number of aryl methyl sites for hydroxylation is 2. The minimum atomic E-state index is -0.531. The molecule has 0 bridgehead atoms. The average molecular weight is 367 g/mol. The van der Waals surface area contributed by atoms with E-state index in [0.29, 0.717) is 6.54 Å². The van der Waals surface area contributed by atoms with Gasteiger partial charge in [0.25, 0.3) is 5.91 Å². The van der Waals surface area contributed by atoms with Crippen molar-refractivity contribution in [2.45, 2.75) is 52.8 Å². The number of likely N-dealkylation sites (tertiary alicyclic amines) is 1. The topological polar surface area (TPSA) is 41.6 Å². The summed E-state index contributed by atoms with van der Waals surface area (Å²) in [6, 6.07) is 14.4. The van der Waals surface area contributed by atoms with Crippen molar-refractivity contribution in [2.24, 2.45) is 0 Å². The van der Waals surface area contributed by atoms with Gasteiger partial charge < -0.3 is 10.1 Å². The second-order valence-corrected chi connectivity index (χ2v) is 7.50. The molecular weight excluding hydrogens is 336 g/mol. The van der Waals surface area contributed by atoms with Crippen LogP contribution in [0.15, 0.2) is 42.5 Å². The molecule has 0 radical (unpaired) electrons. The number of benzene rings is 2. The zero-order valence-electron chi connectivity index (χ0n) is 16.6. The standard InChI is InChI=1S/C23H30N2O2/c1-17-10-11-18(2)22(14-17)27-19(3)23(26)24-15-20-8-4-5-9-21(20)16-25-12-6-7-13-25/h4-5,8-11,14,19H,6-7,12-13,15-16H2,1-3H3,(H,24,26)/t19-/m0/s1. The first kappa shape index (κ1) is 19.4. The highest BCUT2D eigenvalue weighted by atomic mass is 16.5. The maximum absolute atomic E-state index is 12.5. The fourth-order valence-corrected chi connectivity index (χ4v) is 3.47. The molecule has 1 atom stereocenters. The maximum atomic E-state index is 12.5. The third kappa shape index (κ3) is 5.33. The van der Waals surface area contributed by atoms with Gasteiger partial charge in [-0.3, -0.25) is 9.69 Å². The molecule has 0 spiro atoms. The van der Waals surface area contributed by atoms with E-state index in [1.807, 2.05) is 38.1 Å². The summed E-state index contributed by atoms with van der Waals surface area (Å²) >= 11 is 0. The van der Waals surface area contributed by atoms with Gasteiger partial charge in [-0.25, -0.2) is 0 Å². The van der Waals surface area contributed by atoms with Crippen LogP contribution in [0.2, 0.25) is 0 Å². The molecule has 1 aliphatic heterocycles. The zero-order chi connectivity index (χ0) is 19.2.